The summed E-state index contributed by atoms with van der Waals surface area (Å²) < 4.78 is 1.52. The molecular weight excluding hydrogens is 190 g/mol. The van der Waals surface area contributed by atoms with Gasteiger partial charge in [0.25, 0.3) is 0 Å². The van der Waals surface area contributed by atoms with Crippen LogP contribution in [0, 0.1) is 0 Å². The van der Waals surface area contributed by atoms with E-state index in [2.05, 4.69) is 0 Å². The van der Waals surface area contributed by atoms with Crippen LogP contribution in [-0.2, 0) is 0 Å². The molecule has 0 fully saturated rings. The molecule has 1 aromatic rings. The quantitative estimate of drug-likeness (QED) is 0.531. The Labute approximate surface area is 89.9 Å². The monoisotopic (exact) mass is 208 g/mol. The van der Waals surface area contributed by atoms with Crippen LogP contribution < -0.4 is 16.0 Å². The lowest BCUT2D eigenvalue weighted by Crippen LogP contribution is -2.51. The summed E-state index contributed by atoms with van der Waals surface area (Å²) in [4.78, 5) is 11.7. The van der Waals surface area contributed by atoms with Gasteiger partial charge in [0.15, 0.2) is 12.4 Å². The van der Waals surface area contributed by atoms with Crippen LogP contribution in [0.2, 0.25) is 0 Å². The van der Waals surface area contributed by atoms with Crippen LogP contribution in [0.5, 0.6) is 0 Å². The maximum absolute atomic E-state index is 11.7. The van der Waals surface area contributed by atoms with Crippen LogP contribution in [0.25, 0.3) is 0 Å². The molecule has 1 rings (SSSR count). The minimum absolute atomic E-state index is 0.0624. The minimum Gasteiger partial charge on any atom is -0.330 e. The van der Waals surface area contributed by atoms with E-state index in [9.17, 15) is 4.79 Å². The highest BCUT2D eigenvalue weighted by molar-refractivity contribution is 5.72. The van der Waals surface area contributed by atoms with Gasteiger partial charge in [-0.2, -0.15) is 0 Å². The highest BCUT2D eigenvalue weighted by Gasteiger charge is 2.22. The molecule has 0 aliphatic heterocycles. The number of carbonyl (C=O) groups excluding carboxylic acids is 1. The van der Waals surface area contributed by atoms with Crippen molar-refractivity contribution >= 4 is 5.91 Å². The lowest BCUT2D eigenvalue weighted by molar-refractivity contribution is -0.575. The molecule has 4 nitrogen and oxygen atoms in total. The number of nitrogens with zero attached hydrogens (tertiary/aromatic N) is 1. The molecule has 0 bridgehead atoms. The summed E-state index contributed by atoms with van der Waals surface area (Å²) in [6, 6.07) is 5.06. The van der Waals surface area contributed by atoms with Crippen LogP contribution in [0.4, 0.5) is 0 Å². The van der Waals surface area contributed by atoms with Gasteiger partial charge in [-0.15, -0.1) is 4.57 Å². The molecule has 1 aromatic heterocycles. The van der Waals surface area contributed by atoms with E-state index in [-0.39, 0.29) is 5.91 Å². The van der Waals surface area contributed by atoms with Crippen LogP contribution in [0.1, 0.15) is 24.1 Å². The number of pyridine rings is 1. The predicted molar refractivity (Wildman–Crippen MR) is 58.1 cm³/mol. The third kappa shape index (κ3) is 3.77. The van der Waals surface area contributed by atoms with Crippen molar-refractivity contribution in [2.24, 2.45) is 11.5 Å². The normalized spacial score (nSPS) is 12.4. The molecule has 4 heteroatoms. The lowest BCUT2D eigenvalue weighted by Gasteiger charge is -2.04. The second-order valence-corrected chi connectivity index (χ2v) is 3.51. The zero-order valence-corrected chi connectivity index (χ0v) is 8.80. The van der Waals surface area contributed by atoms with Crippen LogP contribution in [0.15, 0.2) is 30.6 Å². The van der Waals surface area contributed by atoms with E-state index in [4.69, 9.17) is 11.5 Å². The molecule has 0 saturated heterocycles. The van der Waals surface area contributed by atoms with Gasteiger partial charge >= 0.3 is 5.91 Å². The molecule has 15 heavy (non-hydrogen) atoms. The molecule has 0 spiro atoms. The fourth-order valence-corrected chi connectivity index (χ4v) is 1.37. The van der Waals surface area contributed by atoms with Gasteiger partial charge in [-0.25, -0.2) is 4.79 Å². The Bertz CT molecular complexity index is 300. The molecule has 1 heterocycles. The predicted octanol–water partition coefficient (Wildman–Crippen LogP) is 0.0706. The molecule has 0 aliphatic carbocycles. The first-order valence-electron chi connectivity index (χ1n) is 5.22. The van der Waals surface area contributed by atoms with Crippen LogP contribution >= 0.6 is 0 Å². The Hall–Kier alpha value is -1.26. The smallest absolute Gasteiger partial charge is 0.330 e. The van der Waals surface area contributed by atoms with Gasteiger partial charge in [0, 0.05) is 12.1 Å². The van der Waals surface area contributed by atoms with Crippen molar-refractivity contribution in [2.75, 3.05) is 6.54 Å². The van der Waals surface area contributed by atoms with E-state index in [1.165, 1.54) is 4.57 Å². The van der Waals surface area contributed by atoms with Crippen molar-refractivity contribution in [1.82, 2.24) is 0 Å². The first kappa shape index (κ1) is 11.8. The first-order chi connectivity index (χ1) is 7.25. The van der Waals surface area contributed by atoms with Crippen molar-refractivity contribution in [3.63, 3.8) is 0 Å². The average Bonchev–Trinajstić information content (AvgIpc) is 2.29. The number of carbonyl (C=O) groups is 1. The standard InChI is InChI=1S/C11H18N3O/c12-7-3-2-6-10(13)11(15)14-8-4-1-5-9-14/h1,4-5,8-10H,2-3,6-7,12-13H2/q+1/t10-/m0/s1. The number of hydrogen-bond acceptors (Lipinski definition) is 3. The maximum atomic E-state index is 11.7. The van der Waals surface area contributed by atoms with Gasteiger partial charge < -0.3 is 11.5 Å². The molecule has 0 amide bonds. The van der Waals surface area contributed by atoms with Crippen molar-refractivity contribution in [2.45, 2.75) is 25.3 Å². The second kappa shape index (κ2) is 6.27. The van der Waals surface area contributed by atoms with E-state index in [0.29, 0.717) is 13.0 Å². The Morgan fingerprint density at radius 2 is 1.87 bits per heavy atom. The zero-order valence-electron chi connectivity index (χ0n) is 8.80. The molecule has 82 valence electrons. The Morgan fingerprint density at radius 1 is 1.20 bits per heavy atom. The lowest BCUT2D eigenvalue weighted by atomic mass is 10.1. The summed E-state index contributed by atoms with van der Waals surface area (Å²) in [6.45, 7) is 0.652. The Kier molecular flexibility index (Phi) is 4.93. The zero-order chi connectivity index (χ0) is 11.1. The molecule has 0 aliphatic rings. The van der Waals surface area contributed by atoms with Crippen LogP contribution in [0.3, 0.4) is 0 Å². The molecule has 0 saturated carbocycles. The van der Waals surface area contributed by atoms with Crippen molar-refractivity contribution in [3.8, 4) is 0 Å². The molecule has 1 atom stereocenters. The van der Waals surface area contributed by atoms with Crippen LogP contribution in [-0.4, -0.2) is 18.5 Å². The minimum atomic E-state index is -0.427. The Balaban J connectivity index is 2.46. The fourth-order valence-electron chi connectivity index (χ4n) is 1.37. The summed E-state index contributed by atoms with van der Waals surface area (Å²) in [5, 5.41) is 0. The average molecular weight is 208 g/mol. The highest BCUT2D eigenvalue weighted by Crippen LogP contribution is 1.97. The van der Waals surface area contributed by atoms with Gasteiger partial charge in [-0.05, 0) is 25.8 Å². The van der Waals surface area contributed by atoms with Crippen molar-refractivity contribution < 1.29 is 9.36 Å². The third-order valence-electron chi connectivity index (χ3n) is 2.26. The molecule has 0 unspecified atom stereocenters. The summed E-state index contributed by atoms with van der Waals surface area (Å²) in [6.07, 6.45) is 5.94. The van der Waals surface area contributed by atoms with E-state index in [1.54, 1.807) is 12.4 Å². The van der Waals surface area contributed by atoms with Gasteiger partial charge in [0.2, 0.25) is 0 Å². The van der Waals surface area contributed by atoms with Gasteiger partial charge in [-0.3, -0.25) is 0 Å². The molecular formula is C11H18N3O+. The van der Waals surface area contributed by atoms with Gasteiger partial charge in [0.05, 0.1) is 0 Å². The third-order valence-corrected chi connectivity index (χ3v) is 2.26. The number of rotatable bonds is 5. The fraction of sp³-hybridized carbons (Fsp3) is 0.455. The first-order valence-corrected chi connectivity index (χ1v) is 5.22. The largest absolute Gasteiger partial charge is 0.408 e. The summed E-state index contributed by atoms with van der Waals surface area (Å²) in [5.41, 5.74) is 11.1. The number of aromatic nitrogens is 1. The topological polar surface area (TPSA) is 73.0 Å². The van der Waals surface area contributed by atoms with Gasteiger partial charge in [-0.1, -0.05) is 6.07 Å². The number of nitrogens with two attached hydrogens (primary N) is 2. The van der Waals surface area contributed by atoms with Crippen molar-refractivity contribution in [3.05, 3.63) is 30.6 Å². The number of hydrogen-bond donors (Lipinski definition) is 2. The summed E-state index contributed by atoms with van der Waals surface area (Å²) in [7, 11) is 0. The van der Waals surface area contributed by atoms with E-state index >= 15 is 0 Å². The Morgan fingerprint density at radius 3 is 2.47 bits per heavy atom. The SMILES string of the molecule is NCCCC[C@H](N)C(=O)[n+]1ccccc1. The van der Waals surface area contributed by atoms with E-state index < -0.39 is 6.04 Å². The maximum Gasteiger partial charge on any atom is 0.408 e. The van der Waals surface area contributed by atoms with E-state index in [1.807, 2.05) is 18.2 Å². The highest BCUT2D eigenvalue weighted by atomic mass is 16.2. The summed E-state index contributed by atoms with van der Waals surface area (Å²) >= 11 is 0. The number of unbranched alkanes of at least 4 members (excludes halogenated alkanes) is 1. The summed E-state index contributed by atoms with van der Waals surface area (Å²) in [5.74, 6) is -0.0624. The van der Waals surface area contributed by atoms with Crippen molar-refractivity contribution in [1.29, 1.82) is 0 Å². The molecule has 0 radical (unpaired) electrons. The van der Waals surface area contributed by atoms with E-state index in [0.717, 1.165) is 12.8 Å². The van der Waals surface area contributed by atoms with Gasteiger partial charge in [0.1, 0.15) is 6.04 Å². The second-order valence-electron chi connectivity index (χ2n) is 3.51. The molecule has 0 aromatic carbocycles. The molecule has 4 N–H and O–H groups in total.